The van der Waals surface area contributed by atoms with E-state index >= 15 is 0 Å². The molecular weight excluding hydrogens is 252 g/mol. The van der Waals surface area contributed by atoms with Crippen molar-refractivity contribution in [2.24, 2.45) is 5.73 Å². The summed E-state index contributed by atoms with van der Waals surface area (Å²) >= 11 is 0. The molecule has 1 aliphatic rings. The van der Waals surface area contributed by atoms with Gasteiger partial charge in [0.15, 0.2) is 0 Å². The van der Waals surface area contributed by atoms with Crippen molar-refractivity contribution in [3.63, 3.8) is 0 Å². The zero-order chi connectivity index (χ0) is 14.8. The first-order valence-corrected chi connectivity index (χ1v) is 7.18. The summed E-state index contributed by atoms with van der Waals surface area (Å²) in [7, 11) is 0. The van der Waals surface area contributed by atoms with E-state index in [1.807, 2.05) is 45.0 Å². The summed E-state index contributed by atoms with van der Waals surface area (Å²) in [6.45, 7) is 5.53. The fourth-order valence-electron chi connectivity index (χ4n) is 2.62. The fraction of sp³-hybridized carbons (Fsp3) is 0.562. The summed E-state index contributed by atoms with van der Waals surface area (Å²) in [5, 5.41) is 2.76. The monoisotopic (exact) mass is 276 g/mol. The molecule has 0 spiro atoms. The molecule has 1 aromatic carbocycles. The highest BCUT2D eigenvalue weighted by Gasteiger charge is 2.31. The van der Waals surface area contributed by atoms with Crippen LogP contribution in [0.2, 0.25) is 0 Å². The first-order chi connectivity index (χ1) is 9.28. The van der Waals surface area contributed by atoms with Crippen LogP contribution in [0.25, 0.3) is 0 Å². The van der Waals surface area contributed by atoms with Crippen LogP contribution < -0.4 is 11.1 Å². The van der Waals surface area contributed by atoms with Crippen molar-refractivity contribution in [2.75, 3.05) is 5.32 Å². The van der Waals surface area contributed by atoms with E-state index in [2.05, 4.69) is 5.32 Å². The maximum atomic E-state index is 11.8. The normalized spacial score (nSPS) is 17.8. The van der Waals surface area contributed by atoms with E-state index in [1.54, 1.807) is 0 Å². The Morgan fingerprint density at radius 3 is 2.55 bits per heavy atom. The third kappa shape index (κ3) is 3.73. The first kappa shape index (κ1) is 14.9. The van der Waals surface area contributed by atoms with Crippen molar-refractivity contribution in [3.8, 4) is 0 Å². The minimum atomic E-state index is -0.498. The van der Waals surface area contributed by atoms with Crippen molar-refractivity contribution in [1.82, 2.24) is 0 Å². The lowest BCUT2D eigenvalue weighted by Crippen LogP contribution is -2.33. The lowest BCUT2D eigenvalue weighted by molar-refractivity contribution is 0.0636. The van der Waals surface area contributed by atoms with E-state index in [1.165, 1.54) is 12.8 Å². The van der Waals surface area contributed by atoms with Gasteiger partial charge in [-0.3, -0.25) is 5.32 Å². The van der Waals surface area contributed by atoms with Crippen LogP contribution in [-0.2, 0) is 10.3 Å². The van der Waals surface area contributed by atoms with Crippen molar-refractivity contribution in [3.05, 3.63) is 29.8 Å². The van der Waals surface area contributed by atoms with Crippen LogP contribution in [0.15, 0.2) is 24.3 Å². The lowest BCUT2D eigenvalue weighted by atomic mass is 9.89. The number of rotatable bonds is 2. The topological polar surface area (TPSA) is 64.3 Å². The zero-order valence-corrected chi connectivity index (χ0v) is 12.5. The molecule has 0 saturated heterocycles. The van der Waals surface area contributed by atoms with Crippen LogP contribution in [0.5, 0.6) is 0 Å². The third-order valence-electron chi connectivity index (χ3n) is 3.58. The van der Waals surface area contributed by atoms with E-state index in [0.29, 0.717) is 0 Å². The summed E-state index contributed by atoms with van der Waals surface area (Å²) in [6.07, 6.45) is 3.90. The summed E-state index contributed by atoms with van der Waals surface area (Å²) in [5.41, 5.74) is 7.51. The number of hydrogen-bond acceptors (Lipinski definition) is 3. The molecule has 0 aromatic heterocycles. The lowest BCUT2D eigenvalue weighted by Gasteiger charge is -2.25. The Labute approximate surface area is 120 Å². The highest BCUT2D eigenvalue weighted by atomic mass is 16.6. The summed E-state index contributed by atoms with van der Waals surface area (Å²) in [4.78, 5) is 11.8. The number of anilines is 1. The molecule has 1 aliphatic carbocycles. The third-order valence-corrected chi connectivity index (χ3v) is 3.58. The van der Waals surface area contributed by atoms with Gasteiger partial charge in [0.1, 0.15) is 5.60 Å². The number of amides is 1. The Balaban J connectivity index is 2.08. The zero-order valence-electron chi connectivity index (χ0n) is 12.5. The van der Waals surface area contributed by atoms with Gasteiger partial charge in [0.25, 0.3) is 0 Å². The number of benzene rings is 1. The second-order valence-electron chi connectivity index (χ2n) is 6.57. The first-order valence-electron chi connectivity index (χ1n) is 7.18. The molecule has 0 radical (unpaired) electrons. The molecule has 1 fully saturated rings. The van der Waals surface area contributed by atoms with Gasteiger partial charge in [-0.25, -0.2) is 4.79 Å². The van der Waals surface area contributed by atoms with E-state index in [4.69, 9.17) is 10.5 Å². The van der Waals surface area contributed by atoms with Gasteiger partial charge in [-0.05, 0) is 51.3 Å². The minimum Gasteiger partial charge on any atom is -0.444 e. The molecular formula is C16H24N2O2. The van der Waals surface area contributed by atoms with Gasteiger partial charge < -0.3 is 10.5 Å². The molecule has 4 heteroatoms. The van der Waals surface area contributed by atoms with Crippen LogP contribution in [0.4, 0.5) is 10.5 Å². The molecule has 3 N–H and O–H groups in total. The average molecular weight is 276 g/mol. The predicted octanol–water partition coefficient (Wildman–Crippen LogP) is 3.76. The molecule has 20 heavy (non-hydrogen) atoms. The maximum absolute atomic E-state index is 11.8. The molecule has 4 nitrogen and oxygen atoms in total. The highest BCUT2D eigenvalue weighted by Crippen LogP contribution is 2.37. The van der Waals surface area contributed by atoms with E-state index < -0.39 is 11.7 Å². The van der Waals surface area contributed by atoms with Crippen LogP contribution in [-0.4, -0.2) is 11.7 Å². The van der Waals surface area contributed by atoms with E-state index in [0.717, 1.165) is 24.1 Å². The van der Waals surface area contributed by atoms with Crippen LogP contribution in [0, 0.1) is 0 Å². The standard InChI is InChI=1S/C16H24N2O2/c1-15(2,3)20-14(19)18-13-8-6-7-12(11-13)16(17)9-4-5-10-16/h6-8,11H,4-5,9-10,17H2,1-3H3,(H,18,19). The molecule has 2 rings (SSSR count). The Bertz CT molecular complexity index is 485. The molecule has 1 aromatic rings. The van der Waals surface area contributed by atoms with Gasteiger partial charge >= 0.3 is 6.09 Å². The Morgan fingerprint density at radius 2 is 1.95 bits per heavy atom. The van der Waals surface area contributed by atoms with Gasteiger partial charge in [0, 0.05) is 11.2 Å². The maximum Gasteiger partial charge on any atom is 0.412 e. The SMILES string of the molecule is CC(C)(C)OC(=O)Nc1cccc(C2(N)CCCC2)c1. The number of carbonyl (C=O) groups is 1. The molecule has 1 saturated carbocycles. The van der Waals surface area contributed by atoms with Crippen LogP contribution in [0.1, 0.15) is 52.0 Å². The molecule has 110 valence electrons. The minimum absolute atomic E-state index is 0.244. The molecule has 0 unspecified atom stereocenters. The second-order valence-corrected chi connectivity index (χ2v) is 6.57. The predicted molar refractivity (Wildman–Crippen MR) is 80.6 cm³/mol. The van der Waals surface area contributed by atoms with Crippen LogP contribution >= 0.6 is 0 Å². The van der Waals surface area contributed by atoms with Crippen molar-refractivity contribution in [2.45, 2.75) is 57.6 Å². The molecule has 0 aliphatic heterocycles. The van der Waals surface area contributed by atoms with Gasteiger partial charge in [0.2, 0.25) is 0 Å². The number of carbonyl (C=O) groups excluding carboxylic acids is 1. The van der Waals surface area contributed by atoms with Gasteiger partial charge in [-0.15, -0.1) is 0 Å². The summed E-state index contributed by atoms with van der Waals surface area (Å²) < 4.78 is 5.25. The molecule has 0 heterocycles. The molecule has 0 atom stereocenters. The fourth-order valence-corrected chi connectivity index (χ4v) is 2.62. The number of nitrogens with one attached hydrogen (secondary N) is 1. The van der Waals surface area contributed by atoms with Crippen molar-refractivity contribution < 1.29 is 9.53 Å². The van der Waals surface area contributed by atoms with E-state index in [9.17, 15) is 4.79 Å². The molecule has 0 bridgehead atoms. The average Bonchev–Trinajstić information content (AvgIpc) is 2.75. The van der Waals surface area contributed by atoms with Crippen molar-refractivity contribution >= 4 is 11.8 Å². The number of nitrogens with two attached hydrogens (primary N) is 1. The summed E-state index contributed by atoms with van der Waals surface area (Å²) in [6, 6.07) is 7.77. The number of ether oxygens (including phenoxy) is 1. The van der Waals surface area contributed by atoms with Gasteiger partial charge in [-0.1, -0.05) is 25.0 Å². The largest absolute Gasteiger partial charge is 0.444 e. The van der Waals surface area contributed by atoms with Crippen molar-refractivity contribution in [1.29, 1.82) is 0 Å². The van der Waals surface area contributed by atoms with Gasteiger partial charge in [-0.2, -0.15) is 0 Å². The summed E-state index contributed by atoms with van der Waals surface area (Å²) in [5.74, 6) is 0. The Kier molecular flexibility index (Phi) is 4.04. The highest BCUT2D eigenvalue weighted by molar-refractivity contribution is 5.85. The Hall–Kier alpha value is -1.55. The smallest absolute Gasteiger partial charge is 0.412 e. The van der Waals surface area contributed by atoms with Gasteiger partial charge in [0.05, 0.1) is 0 Å². The van der Waals surface area contributed by atoms with E-state index in [-0.39, 0.29) is 5.54 Å². The van der Waals surface area contributed by atoms with Crippen LogP contribution in [0.3, 0.4) is 0 Å². The molecule has 1 amide bonds. The quantitative estimate of drug-likeness (QED) is 0.864. The second kappa shape index (κ2) is 5.44. The number of hydrogen-bond donors (Lipinski definition) is 2. The Morgan fingerprint density at radius 1 is 1.30 bits per heavy atom.